The van der Waals surface area contributed by atoms with Crippen LogP contribution in [-0.2, 0) is 0 Å². The Kier molecular flexibility index (Phi) is 3.91. The quantitative estimate of drug-likeness (QED) is 0.317. The summed E-state index contributed by atoms with van der Waals surface area (Å²) >= 11 is 11.1. The van der Waals surface area contributed by atoms with Gasteiger partial charge in [-0.15, -0.1) is 33.2 Å². The molecule has 0 radical (unpaired) electrons. The highest BCUT2D eigenvalue weighted by molar-refractivity contribution is 7.37. The summed E-state index contributed by atoms with van der Waals surface area (Å²) in [6, 6.07) is 0. The van der Waals surface area contributed by atoms with E-state index in [1.54, 1.807) is 0 Å². The third-order valence-corrected chi connectivity index (χ3v) is 2.76. The van der Waals surface area contributed by atoms with Crippen molar-refractivity contribution < 1.29 is 0 Å². The van der Waals surface area contributed by atoms with Gasteiger partial charge in [-0.3, -0.25) is 0 Å². The van der Waals surface area contributed by atoms with Crippen molar-refractivity contribution in [3.05, 3.63) is 0 Å². The minimum atomic E-state index is -1.65. The van der Waals surface area contributed by atoms with Gasteiger partial charge in [0.05, 0.1) is 0 Å². The van der Waals surface area contributed by atoms with Crippen LogP contribution < -0.4 is 0 Å². The highest BCUT2D eigenvalue weighted by atomic mass is 35.7. The molecule has 4 heteroatoms. The van der Waals surface area contributed by atoms with Crippen molar-refractivity contribution in [2.75, 3.05) is 0 Å². The van der Waals surface area contributed by atoms with Crippen LogP contribution in [-0.4, -0.2) is 15.5 Å². The van der Waals surface area contributed by atoms with E-state index in [2.05, 4.69) is 30.7 Å². The molecular formula is C5H10Cl2Si2. The average Bonchev–Trinajstić information content (AvgIpc) is 1.59. The number of halogens is 2. The summed E-state index contributed by atoms with van der Waals surface area (Å²) in [6.45, 7) is 6.51. The van der Waals surface area contributed by atoms with Gasteiger partial charge < -0.3 is 0 Å². The monoisotopic (exact) mass is 196 g/mol. The Hall–Kier alpha value is 0.574. The van der Waals surface area contributed by atoms with E-state index in [4.69, 9.17) is 22.2 Å². The van der Waals surface area contributed by atoms with Crippen molar-refractivity contribution in [2.45, 2.75) is 19.6 Å². The molecule has 0 bridgehead atoms. The smallest absolute Gasteiger partial charge is 0.136 e. The first kappa shape index (κ1) is 9.57. The first-order chi connectivity index (χ1) is 3.92. The topological polar surface area (TPSA) is 0 Å². The van der Waals surface area contributed by atoms with Gasteiger partial charge in [-0.25, -0.2) is 0 Å². The molecule has 0 aromatic rings. The van der Waals surface area contributed by atoms with E-state index in [1.165, 1.54) is 0 Å². The number of hydrogen-bond acceptors (Lipinski definition) is 0. The molecule has 0 nitrogen and oxygen atoms in total. The maximum absolute atomic E-state index is 5.54. The maximum atomic E-state index is 5.54. The number of rotatable bonds is 0. The van der Waals surface area contributed by atoms with Gasteiger partial charge in [0.15, 0.2) is 0 Å². The van der Waals surface area contributed by atoms with E-state index < -0.39 is 15.5 Å². The molecule has 0 aliphatic heterocycles. The zero-order valence-electron chi connectivity index (χ0n) is 5.83. The maximum Gasteiger partial charge on any atom is 0.309 e. The third-order valence-electron chi connectivity index (χ3n) is 0.556. The van der Waals surface area contributed by atoms with Crippen LogP contribution in [0.15, 0.2) is 0 Å². The van der Waals surface area contributed by atoms with Gasteiger partial charge in [0.25, 0.3) is 0 Å². The van der Waals surface area contributed by atoms with E-state index in [9.17, 15) is 0 Å². The minimum Gasteiger partial charge on any atom is -0.136 e. The summed E-state index contributed by atoms with van der Waals surface area (Å²) < 4.78 is 0. The van der Waals surface area contributed by atoms with Crippen LogP contribution in [0, 0.1) is 11.1 Å². The van der Waals surface area contributed by atoms with Crippen LogP contribution in [0.5, 0.6) is 0 Å². The van der Waals surface area contributed by atoms with Crippen LogP contribution in [0.1, 0.15) is 0 Å². The van der Waals surface area contributed by atoms with E-state index in [0.717, 1.165) is 0 Å². The van der Waals surface area contributed by atoms with Crippen molar-refractivity contribution in [2.24, 2.45) is 0 Å². The fraction of sp³-hybridized carbons (Fsp3) is 0.600. The van der Waals surface area contributed by atoms with E-state index in [1.807, 2.05) is 0 Å². The highest BCUT2D eigenvalue weighted by Gasteiger charge is 2.07. The minimum absolute atomic E-state index is 1.22. The zero-order chi connectivity index (χ0) is 7.49. The molecule has 0 unspecified atom stereocenters. The van der Waals surface area contributed by atoms with Gasteiger partial charge in [-0.05, 0) is 0 Å². The highest BCUT2D eigenvalue weighted by Crippen LogP contribution is 1.98. The van der Waals surface area contributed by atoms with E-state index in [-0.39, 0.29) is 0 Å². The SMILES string of the molecule is C[Si](C)(C)C#C[SiH](Cl)Cl. The summed E-state index contributed by atoms with van der Waals surface area (Å²) in [6.07, 6.45) is 0. The molecule has 0 heterocycles. The van der Waals surface area contributed by atoms with E-state index >= 15 is 0 Å². The predicted octanol–water partition coefficient (Wildman–Crippen LogP) is 2.10. The van der Waals surface area contributed by atoms with Crippen molar-refractivity contribution in [1.82, 2.24) is 0 Å². The molecule has 0 atom stereocenters. The Morgan fingerprint density at radius 1 is 1.22 bits per heavy atom. The van der Waals surface area contributed by atoms with Crippen LogP contribution in [0.25, 0.3) is 0 Å². The van der Waals surface area contributed by atoms with Crippen molar-refractivity contribution >= 4 is 37.6 Å². The average molecular weight is 197 g/mol. The van der Waals surface area contributed by atoms with Crippen molar-refractivity contribution in [1.29, 1.82) is 0 Å². The van der Waals surface area contributed by atoms with Crippen LogP contribution >= 0.6 is 22.2 Å². The fourth-order valence-electron chi connectivity index (χ4n) is 0.271. The molecule has 0 saturated heterocycles. The molecule has 0 rings (SSSR count). The zero-order valence-corrected chi connectivity index (χ0v) is 9.50. The lowest BCUT2D eigenvalue weighted by Gasteiger charge is -2.02. The van der Waals surface area contributed by atoms with E-state index in [0.29, 0.717) is 0 Å². The van der Waals surface area contributed by atoms with Crippen LogP contribution in [0.4, 0.5) is 0 Å². The molecule has 0 aliphatic rings. The molecule has 0 aromatic heterocycles. The van der Waals surface area contributed by atoms with Crippen LogP contribution in [0.2, 0.25) is 19.6 Å². The Bertz CT molecular complexity index is 137. The van der Waals surface area contributed by atoms with Gasteiger partial charge >= 0.3 is 7.42 Å². The molecule has 0 fully saturated rings. The van der Waals surface area contributed by atoms with Crippen molar-refractivity contribution in [3.8, 4) is 11.1 Å². The summed E-state index contributed by atoms with van der Waals surface area (Å²) in [4.78, 5) is 0. The second kappa shape index (κ2) is 3.67. The summed E-state index contributed by atoms with van der Waals surface area (Å²) in [5, 5.41) is 0. The Labute approximate surface area is 68.6 Å². The lowest BCUT2D eigenvalue weighted by Crippen LogP contribution is -2.17. The first-order valence-corrected chi connectivity index (χ1v) is 10.3. The van der Waals surface area contributed by atoms with Gasteiger partial charge in [0.1, 0.15) is 8.07 Å². The molecule has 0 amide bonds. The molecule has 9 heavy (non-hydrogen) atoms. The number of hydrogen-bond donors (Lipinski definition) is 0. The largest absolute Gasteiger partial charge is 0.309 e. The fourth-order valence-corrected chi connectivity index (χ4v) is 3.42. The Morgan fingerprint density at radius 3 is 1.78 bits per heavy atom. The molecular weight excluding hydrogens is 187 g/mol. The predicted molar refractivity (Wildman–Crippen MR) is 50.0 cm³/mol. The Balaban J connectivity index is 3.88. The Morgan fingerprint density at radius 2 is 1.67 bits per heavy atom. The lowest BCUT2D eigenvalue weighted by molar-refractivity contribution is 1.82. The van der Waals surface area contributed by atoms with Gasteiger partial charge in [0, 0.05) is 0 Å². The second-order valence-electron chi connectivity index (χ2n) is 2.82. The second-order valence-corrected chi connectivity index (χ2v) is 11.7. The van der Waals surface area contributed by atoms with Crippen molar-refractivity contribution in [3.63, 3.8) is 0 Å². The van der Waals surface area contributed by atoms with Gasteiger partial charge in [0.2, 0.25) is 0 Å². The van der Waals surface area contributed by atoms with Gasteiger partial charge in [-0.2, -0.15) is 0 Å². The molecule has 0 aromatic carbocycles. The first-order valence-electron chi connectivity index (χ1n) is 2.73. The lowest BCUT2D eigenvalue weighted by atomic mass is 11.4. The molecule has 0 N–H and O–H groups in total. The molecule has 0 aliphatic carbocycles. The molecule has 0 saturated carbocycles. The summed E-state index contributed by atoms with van der Waals surface area (Å²) in [5.74, 6) is 0. The molecule has 0 spiro atoms. The molecule has 52 valence electrons. The standard InChI is InChI=1S/C5H10Cl2Si2/c1-9(2,3)5-4-8(6)7/h8H,1-3H3. The summed E-state index contributed by atoms with van der Waals surface area (Å²) in [5.41, 5.74) is 5.97. The third kappa shape index (κ3) is 8.57. The summed E-state index contributed by atoms with van der Waals surface area (Å²) in [7, 11) is -2.87. The van der Waals surface area contributed by atoms with Gasteiger partial charge in [-0.1, -0.05) is 19.6 Å². The normalized spacial score (nSPS) is 10.9. The van der Waals surface area contributed by atoms with Crippen LogP contribution in [0.3, 0.4) is 0 Å².